The Kier molecular flexibility index (Phi) is 9.26. The Bertz CT molecular complexity index is 1300. The van der Waals surface area contributed by atoms with Gasteiger partial charge in [0, 0.05) is 65.8 Å². The van der Waals surface area contributed by atoms with E-state index in [4.69, 9.17) is 9.47 Å². The third kappa shape index (κ3) is 6.36. The SMILES string of the molecule is CCCCCCOc1cc(-c2cc3cnccc3s2)c(OCCCCCC)cc1-c1cc2cnccc2s1. The van der Waals surface area contributed by atoms with Crippen molar-refractivity contribution in [1.29, 1.82) is 0 Å². The minimum Gasteiger partial charge on any atom is -0.493 e. The average molecular weight is 545 g/mol. The van der Waals surface area contributed by atoms with E-state index >= 15 is 0 Å². The number of benzene rings is 1. The normalized spacial score (nSPS) is 11.4. The van der Waals surface area contributed by atoms with Crippen LogP contribution in [0.15, 0.2) is 61.2 Å². The zero-order chi connectivity index (χ0) is 26.2. The molecule has 0 fully saturated rings. The molecule has 0 aliphatic heterocycles. The lowest BCUT2D eigenvalue weighted by Crippen LogP contribution is -2.02. The van der Waals surface area contributed by atoms with Crippen LogP contribution < -0.4 is 9.47 Å². The Morgan fingerprint density at radius 2 is 1.08 bits per heavy atom. The van der Waals surface area contributed by atoms with Gasteiger partial charge in [0.1, 0.15) is 11.5 Å². The summed E-state index contributed by atoms with van der Waals surface area (Å²) in [6, 6.07) is 13.0. The lowest BCUT2D eigenvalue weighted by Gasteiger charge is -2.17. The van der Waals surface area contributed by atoms with Gasteiger partial charge >= 0.3 is 0 Å². The standard InChI is InChI=1S/C32H36N2O2S2/c1-3-5-7-9-15-35-27-19-26(32-18-24-22-34-14-12-30(24)38-32)28(36-16-10-8-6-4-2)20-25(27)31-17-23-21-33-13-11-29(23)37-31/h11-14,17-22H,3-10,15-16H2,1-2H3. The van der Waals surface area contributed by atoms with Gasteiger partial charge in [-0.3, -0.25) is 9.97 Å². The monoisotopic (exact) mass is 544 g/mol. The molecule has 0 N–H and O–H groups in total. The van der Waals surface area contributed by atoms with Crippen LogP contribution in [0.1, 0.15) is 65.2 Å². The molecule has 1 aromatic carbocycles. The van der Waals surface area contributed by atoms with Gasteiger partial charge < -0.3 is 9.47 Å². The first-order chi connectivity index (χ1) is 18.8. The number of aromatic nitrogens is 2. The van der Waals surface area contributed by atoms with E-state index in [0.717, 1.165) is 46.2 Å². The number of pyridine rings is 2. The number of unbranched alkanes of at least 4 members (excludes halogenated alkanes) is 6. The lowest BCUT2D eigenvalue weighted by molar-refractivity contribution is 0.299. The van der Waals surface area contributed by atoms with E-state index in [-0.39, 0.29) is 0 Å². The van der Waals surface area contributed by atoms with E-state index < -0.39 is 0 Å². The molecule has 0 saturated carbocycles. The second-order valence-corrected chi connectivity index (χ2v) is 11.9. The van der Waals surface area contributed by atoms with Crippen molar-refractivity contribution in [2.75, 3.05) is 13.2 Å². The van der Waals surface area contributed by atoms with E-state index in [1.54, 1.807) is 22.7 Å². The fraction of sp³-hybridized carbons (Fsp3) is 0.375. The summed E-state index contributed by atoms with van der Waals surface area (Å²) in [5.41, 5.74) is 2.19. The van der Waals surface area contributed by atoms with Gasteiger partial charge in [0.2, 0.25) is 0 Å². The van der Waals surface area contributed by atoms with Crippen LogP contribution in [0, 0.1) is 0 Å². The van der Waals surface area contributed by atoms with Crippen LogP contribution in [-0.4, -0.2) is 23.2 Å². The van der Waals surface area contributed by atoms with Crippen molar-refractivity contribution in [3.8, 4) is 32.4 Å². The summed E-state index contributed by atoms with van der Waals surface area (Å²) in [6.07, 6.45) is 17.0. The first-order valence-electron chi connectivity index (χ1n) is 13.9. The van der Waals surface area contributed by atoms with Crippen molar-refractivity contribution < 1.29 is 9.47 Å². The molecule has 0 amide bonds. The molecule has 4 aromatic heterocycles. The molecular formula is C32H36N2O2S2. The van der Waals surface area contributed by atoms with Gasteiger partial charge in [0.05, 0.1) is 13.2 Å². The molecule has 198 valence electrons. The minimum absolute atomic E-state index is 0.715. The van der Waals surface area contributed by atoms with Gasteiger partial charge in [-0.05, 0) is 49.2 Å². The van der Waals surface area contributed by atoms with Crippen LogP contribution in [0.25, 0.3) is 41.1 Å². The van der Waals surface area contributed by atoms with Gasteiger partial charge in [-0.15, -0.1) is 22.7 Å². The molecule has 0 spiro atoms. The Balaban J connectivity index is 1.56. The molecule has 0 radical (unpaired) electrons. The fourth-order valence-electron chi connectivity index (χ4n) is 4.64. The van der Waals surface area contributed by atoms with Crippen LogP contribution in [0.2, 0.25) is 0 Å². The zero-order valence-corrected chi connectivity index (χ0v) is 24.0. The van der Waals surface area contributed by atoms with E-state index in [2.05, 4.69) is 60.2 Å². The van der Waals surface area contributed by atoms with E-state index in [0.29, 0.717) is 13.2 Å². The summed E-state index contributed by atoms with van der Waals surface area (Å²) in [5.74, 6) is 1.84. The molecule has 0 bridgehead atoms. The quantitative estimate of drug-likeness (QED) is 0.130. The molecule has 4 heterocycles. The van der Waals surface area contributed by atoms with Crippen molar-refractivity contribution in [2.24, 2.45) is 0 Å². The number of nitrogens with zero attached hydrogens (tertiary/aromatic N) is 2. The molecular weight excluding hydrogens is 508 g/mol. The summed E-state index contributed by atoms with van der Waals surface area (Å²) in [6.45, 7) is 5.91. The summed E-state index contributed by atoms with van der Waals surface area (Å²) < 4.78 is 15.5. The molecule has 0 atom stereocenters. The number of hydrogen-bond acceptors (Lipinski definition) is 6. The maximum absolute atomic E-state index is 6.51. The lowest BCUT2D eigenvalue weighted by atomic mass is 10.0. The highest BCUT2D eigenvalue weighted by atomic mass is 32.1. The van der Waals surface area contributed by atoms with Crippen LogP contribution in [0.4, 0.5) is 0 Å². The Hall–Kier alpha value is -2.96. The highest BCUT2D eigenvalue weighted by molar-refractivity contribution is 7.22. The van der Waals surface area contributed by atoms with Crippen molar-refractivity contribution in [1.82, 2.24) is 9.97 Å². The maximum atomic E-state index is 6.51. The number of thiophene rings is 2. The topological polar surface area (TPSA) is 44.2 Å². The highest BCUT2D eigenvalue weighted by Gasteiger charge is 2.19. The second-order valence-electron chi connectivity index (χ2n) is 9.71. The first kappa shape index (κ1) is 26.6. The van der Waals surface area contributed by atoms with Crippen LogP contribution in [0.5, 0.6) is 11.5 Å². The molecule has 0 aliphatic rings. The van der Waals surface area contributed by atoms with Gasteiger partial charge in [0.25, 0.3) is 0 Å². The third-order valence-electron chi connectivity index (χ3n) is 6.76. The van der Waals surface area contributed by atoms with E-state index in [9.17, 15) is 0 Å². The number of rotatable bonds is 14. The Labute approximate surface area is 233 Å². The summed E-state index contributed by atoms with van der Waals surface area (Å²) >= 11 is 3.56. The fourth-order valence-corrected chi connectivity index (χ4v) is 6.74. The number of fused-ring (bicyclic) bond motifs is 2. The predicted octanol–water partition coefficient (Wildman–Crippen LogP) is 10.2. The second kappa shape index (κ2) is 13.2. The summed E-state index contributed by atoms with van der Waals surface area (Å²) in [5, 5.41) is 2.31. The molecule has 0 unspecified atom stereocenters. The third-order valence-corrected chi connectivity index (χ3v) is 9.06. The predicted molar refractivity (Wildman–Crippen MR) is 163 cm³/mol. The summed E-state index contributed by atoms with van der Waals surface area (Å²) in [4.78, 5) is 11.0. The molecule has 0 aliphatic carbocycles. The average Bonchev–Trinajstić information content (AvgIpc) is 3.57. The number of ether oxygens (including phenoxy) is 2. The Morgan fingerprint density at radius 1 is 0.605 bits per heavy atom. The maximum Gasteiger partial charge on any atom is 0.128 e. The summed E-state index contributed by atoms with van der Waals surface area (Å²) in [7, 11) is 0. The van der Waals surface area contributed by atoms with Gasteiger partial charge in [-0.1, -0.05) is 52.4 Å². The minimum atomic E-state index is 0.715. The van der Waals surface area contributed by atoms with Gasteiger partial charge in [-0.25, -0.2) is 0 Å². The van der Waals surface area contributed by atoms with E-state index in [1.165, 1.54) is 57.7 Å². The van der Waals surface area contributed by atoms with Crippen molar-refractivity contribution in [3.05, 3.63) is 61.2 Å². The van der Waals surface area contributed by atoms with Gasteiger partial charge in [-0.2, -0.15) is 0 Å². The molecule has 0 saturated heterocycles. The van der Waals surface area contributed by atoms with Crippen LogP contribution >= 0.6 is 22.7 Å². The molecule has 5 rings (SSSR count). The van der Waals surface area contributed by atoms with Crippen LogP contribution in [0.3, 0.4) is 0 Å². The molecule has 38 heavy (non-hydrogen) atoms. The largest absolute Gasteiger partial charge is 0.493 e. The van der Waals surface area contributed by atoms with Crippen molar-refractivity contribution in [2.45, 2.75) is 65.2 Å². The van der Waals surface area contributed by atoms with E-state index in [1.807, 2.05) is 24.8 Å². The van der Waals surface area contributed by atoms with Crippen LogP contribution in [-0.2, 0) is 0 Å². The molecule has 5 aromatic rings. The Morgan fingerprint density at radius 3 is 1.50 bits per heavy atom. The molecule has 4 nitrogen and oxygen atoms in total. The first-order valence-corrected chi connectivity index (χ1v) is 15.5. The molecule has 6 heteroatoms. The number of hydrogen-bond donors (Lipinski definition) is 0. The van der Waals surface area contributed by atoms with Crippen molar-refractivity contribution in [3.63, 3.8) is 0 Å². The highest BCUT2D eigenvalue weighted by Crippen LogP contribution is 2.46. The smallest absolute Gasteiger partial charge is 0.128 e. The zero-order valence-electron chi connectivity index (χ0n) is 22.4. The van der Waals surface area contributed by atoms with Gasteiger partial charge in [0.15, 0.2) is 0 Å². The van der Waals surface area contributed by atoms with Crippen molar-refractivity contribution >= 4 is 42.8 Å².